The second kappa shape index (κ2) is 6.58. The van der Waals surface area contributed by atoms with E-state index in [1.165, 1.54) is 5.69 Å². The van der Waals surface area contributed by atoms with E-state index in [1.54, 1.807) is 0 Å². The molecule has 0 aromatic carbocycles. The number of hydrogen-bond donors (Lipinski definition) is 1. The van der Waals surface area contributed by atoms with Gasteiger partial charge in [0.1, 0.15) is 0 Å². The van der Waals surface area contributed by atoms with E-state index in [9.17, 15) is 0 Å². The van der Waals surface area contributed by atoms with Crippen LogP contribution in [0.15, 0.2) is 12.3 Å². The van der Waals surface area contributed by atoms with Crippen molar-refractivity contribution in [1.29, 1.82) is 0 Å². The molecule has 0 fully saturated rings. The largest absolute Gasteiger partial charge is 0.380 e. The lowest BCUT2D eigenvalue weighted by Gasteiger charge is -2.08. The molecule has 1 aromatic heterocycles. The first-order valence-electron chi connectivity index (χ1n) is 5.45. The van der Waals surface area contributed by atoms with Crippen LogP contribution in [0.25, 0.3) is 0 Å². The molecule has 0 spiro atoms. The zero-order chi connectivity index (χ0) is 11.1. The van der Waals surface area contributed by atoms with Gasteiger partial charge in [-0.2, -0.15) is 5.10 Å². The number of ether oxygens (including phenoxy) is 1. The third-order valence-corrected chi connectivity index (χ3v) is 2.10. The zero-order valence-electron chi connectivity index (χ0n) is 9.86. The SMILES string of the molecule is CC(C)COCCNCc1ccnn1C. The van der Waals surface area contributed by atoms with Gasteiger partial charge >= 0.3 is 0 Å². The van der Waals surface area contributed by atoms with Crippen molar-refractivity contribution in [2.75, 3.05) is 19.8 Å². The summed E-state index contributed by atoms with van der Waals surface area (Å²) in [5.41, 5.74) is 1.19. The normalized spacial score (nSPS) is 11.2. The standard InChI is InChI=1S/C11H21N3O/c1-10(2)9-15-7-6-12-8-11-4-5-13-14(11)3/h4-5,10,12H,6-9H2,1-3H3. The van der Waals surface area contributed by atoms with Gasteiger partial charge in [-0.1, -0.05) is 13.8 Å². The van der Waals surface area contributed by atoms with Crippen molar-refractivity contribution in [3.05, 3.63) is 18.0 Å². The summed E-state index contributed by atoms with van der Waals surface area (Å²) in [6.45, 7) is 7.66. The molecule has 1 N–H and O–H groups in total. The highest BCUT2D eigenvalue weighted by atomic mass is 16.5. The van der Waals surface area contributed by atoms with E-state index >= 15 is 0 Å². The van der Waals surface area contributed by atoms with Crippen LogP contribution in [0.5, 0.6) is 0 Å². The van der Waals surface area contributed by atoms with Crippen molar-refractivity contribution < 1.29 is 4.74 Å². The van der Waals surface area contributed by atoms with E-state index in [-0.39, 0.29) is 0 Å². The Balaban J connectivity index is 2.00. The van der Waals surface area contributed by atoms with Crippen molar-refractivity contribution >= 4 is 0 Å². The van der Waals surface area contributed by atoms with E-state index < -0.39 is 0 Å². The van der Waals surface area contributed by atoms with Crippen LogP contribution < -0.4 is 5.32 Å². The van der Waals surface area contributed by atoms with E-state index in [0.717, 1.165) is 26.3 Å². The first-order valence-corrected chi connectivity index (χ1v) is 5.45. The Morgan fingerprint density at radius 2 is 2.33 bits per heavy atom. The molecule has 0 amide bonds. The van der Waals surface area contributed by atoms with E-state index in [2.05, 4.69) is 24.3 Å². The van der Waals surface area contributed by atoms with Crippen molar-refractivity contribution in [3.8, 4) is 0 Å². The van der Waals surface area contributed by atoms with Gasteiger partial charge in [-0.25, -0.2) is 0 Å². The molecule has 1 aromatic rings. The molecule has 0 atom stereocenters. The average molecular weight is 211 g/mol. The second-order valence-corrected chi connectivity index (χ2v) is 4.09. The summed E-state index contributed by atoms with van der Waals surface area (Å²) in [5.74, 6) is 0.613. The van der Waals surface area contributed by atoms with Gasteiger partial charge in [0.2, 0.25) is 0 Å². The molecular formula is C11H21N3O. The predicted octanol–water partition coefficient (Wildman–Crippen LogP) is 1.18. The summed E-state index contributed by atoms with van der Waals surface area (Å²) < 4.78 is 7.34. The topological polar surface area (TPSA) is 39.1 Å². The minimum Gasteiger partial charge on any atom is -0.380 e. The van der Waals surface area contributed by atoms with Crippen LogP contribution in [0.1, 0.15) is 19.5 Å². The summed E-state index contributed by atoms with van der Waals surface area (Å²) in [7, 11) is 1.95. The van der Waals surface area contributed by atoms with Crippen LogP contribution in [-0.2, 0) is 18.3 Å². The summed E-state index contributed by atoms with van der Waals surface area (Å²) in [6.07, 6.45) is 1.81. The minimum absolute atomic E-state index is 0.613. The maximum absolute atomic E-state index is 5.46. The van der Waals surface area contributed by atoms with Gasteiger partial charge < -0.3 is 10.1 Å². The molecule has 0 aliphatic carbocycles. The van der Waals surface area contributed by atoms with Crippen LogP contribution >= 0.6 is 0 Å². The van der Waals surface area contributed by atoms with E-state index in [1.807, 2.05) is 24.0 Å². The second-order valence-electron chi connectivity index (χ2n) is 4.09. The Labute approximate surface area is 91.6 Å². The van der Waals surface area contributed by atoms with E-state index in [4.69, 9.17) is 4.74 Å². The molecule has 4 nitrogen and oxygen atoms in total. The van der Waals surface area contributed by atoms with Gasteiger partial charge in [-0.3, -0.25) is 4.68 Å². The molecule has 0 aliphatic rings. The minimum atomic E-state index is 0.613. The highest BCUT2D eigenvalue weighted by molar-refractivity contribution is 4.98. The maximum Gasteiger partial charge on any atom is 0.0591 e. The van der Waals surface area contributed by atoms with Crippen LogP contribution in [0.2, 0.25) is 0 Å². The van der Waals surface area contributed by atoms with E-state index in [0.29, 0.717) is 5.92 Å². The quantitative estimate of drug-likeness (QED) is 0.688. The Hall–Kier alpha value is -0.870. The average Bonchev–Trinajstić information content (AvgIpc) is 2.57. The molecule has 0 radical (unpaired) electrons. The molecule has 4 heteroatoms. The summed E-state index contributed by atoms with van der Waals surface area (Å²) in [5, 5.41) is 7.42. The monoisotopic (exact) mass is 211 g/mol. The molecule has 0 bridgehead atoms. The smallest absolute Gasteiger partial charge is 0.0591 e. The first-order chi connectivity index (χ1) is 7.20. The Morgan fingerprint density at radius 1 is 1.53 bits per heavy atom. The molecule has 0 unspecified atom stereocenters. The highest BCUT2D eigenvalue weighted by Crippen LogP contribution is 1.94. The van der Waals surface area contributed by atoms with Crippen LogP contribution in [0.4, 0.5) is 0 Å². The Morgan fingerprint density at radius 3 is 2.93 bits per heavy atom. The number of nitrogens with zero attached hydrogens (tertiary/aromatic N) is 2. The van der Waals surface area contributed by atoms with Crippen molar-refractivity contribution in [2.24, 2.45) is 13.0 Å². The van der Waals surface area contributed by atoms with Crippen LogP contribution in [0, 0.1) is 5.92 Å². The van der Waals surface area contributed by atoms with Gasteiger partial charge in [0.25, 0.3) is 0 Å². The number of aromatic nitrogens is 2. The Kier molecular flexibility index (Phi) is 5.36. The first kappa shape index (κ1) is 12.2. The van der Waals surface area contributed by atoms with Gasteiger partial charge in [0.05, 0.1) is 12.3 Å². The summed E-state index contributed by atoms with van der Waals surface area (Å²) >= 11 is 0. The fourth-order valence-electron chi connectivity index (χ4n) is 1.25. The number of hydrogen-bond acceptors (Lipinski definition) is 3. The van der Waals surface area contributed by atoms with Gasteiger partial charge in [-0.15, -0.1) is 0 Å². The summed E-state index contributed by atoms with van der Waals surface area (Å²) in [4.78, 5) is 0. The third-order valence-electron chi connectivity index (χ3n) is 2.10. The van der Waals surface area contributed by atoms with Crippen LogP contribution in [-0.4, -0.2) is 29.5 Å². The molecule has 1 heterocycles. The number of rotatable bonds is 7. The fourth-order valence-corrected chi connectivity index (χ4v) is 1.25. The van der Waals surface area contributed by atoms with Crippen LogP contribution in [0.3, 0.4) is 0 Å². The predicted molar refractivity (Wildman–Crippen MR) is 60.6 cm³/mol. The molecule has 15 heavy (non-hydrogen) atoms. The number of aryl methyl sites for hydroxylation is 1. The van der Waals surface area contributed by atoms with Crippen molar-refractivity contribution in [2.45, 2.75) is 20.4 Å². The Bertz CT molecular complexity index is 271. The summed E-state index contributed by atoms with van der Waals surface area (Å²) in [6, 6.07) is 2.02. The lowest BCUT2D eigenvalue weighted by atomic mass is 10.2. The molecule has 1 rings (SSSR count). The zero-order valence-corrected chi connectivity index (χ0v) is 9.86. The van der Waals surface area contributed by atoms with Crippen molar-refractivity contribution in [1.82, 2.24) is 15.1 Å². The fraction of sp³-hybridized carbons (Fsp3) is 0.727. The lowest BCUT2D eigenvalue weighted by Crippen LogP contribution is -2.21. The molecule has 0 saturated heterocycles. The van der Waals surface area contributed by atoms with Gasteiger partial charge in [0.15, 0.2) is 0 Å². The van der Waals surface area contributed by atoms with Gasteiger partial charge in [-0.05, 0) is 12.0 Å². The van der Waals surface area contributed by atoms with Crippen molar-refractivity contribution in [3.63, 3.8) is 0 Å². The third kappa shape index (κ3) is 4.95. The molecule has 0 aliphatic heterocycles. The maximum atomic E-state index is 5.46. The van der Waals surface area contributed by atoms with Gasteiger partial charge in [0, 0.05) is 32.9 Å². The molecule has 86 valence electrons. The molecule has 0 saturated carbocycles. The molecular weight excluding hydrogens is 190 g/mol. The number of nitrogens with one attached hydrogen (secondary N) is 1. The lowest BCUT2D eigenvalue weighted by molar-refractivity contribution is 0.111. The highest BCUT2D eigenvalue weighted by Gasteiger charge is 1.97.